The fourth-order valence-corrected chi connectivity index (χ4v) is 2.65. The van der Waals surface area contributed by atoms with Crippen LogP contribution < -0.4 is 15.4 Å². The van der Waals surface area contributed by atoms with Gasteiger partial charge in [-0.25, -0.2) is 4.39 Å². The van der Waals surface area contributed by atoms with Crippen LogP contribution in [0.25, 0.3) is 0 Å². The number of benzene rings is 1. The lowest BCUT2D eigenvalue weighted by Gasteiger charge is -2.16. The quantitative estimate of drug-likeness (QED) is 0.821. The van der Waals surface area contributed by atoms with Crippen LogP contribution in [0.3, 0.4) is 0 Å². The zero-order valence-corrected chi connectivity index (χ0v) is 12.5. The Hall–Kier alpha value is -1.78. The van der Waals surface area contributed by atoms with E-state index < -0.39 is 5.82 Å². The number of rotatable bonds is 5. The molecule has 1 fully saturated rings. The lowest BCUT2D eigenvalue weighted by molar-refractivity contribution is -0.120. The summed E-state index contributed by atoms with van der Waals surface area (Å²) in [6, 6.07) is 4.76. The minimum absolute atomic E-state index is 0.0230. The highest BCUT2D eigenvalue weighted by Crippen LogP contribution is 2.21. The Morgan fingerprint density at radius 2 is 2.00 bits per heavy atom. The molecule has 1 aromatic rings. The van der Waals surface area contributed by atoms with Gasteiger partial charge in [-0.15, -0.1) is 0 Å². The largest absolute Gasteiger partial charge is 0.494 e. The molecule has 0 aliphatic heterocycles. The van der Waals surface area contributed by atoms with Crippen molar-refractivity contribution in [3.63, 3.8) is 0 Å². The second-order valence-corrected chi connectivity index (χ2v) is 5.46. The first kappa shape index (κ1) is 15.6. The fraction of sp³-hybridized carbons (Fsp3) is 0.562. The number of methoxy groups -OCH3 is 1. The van der Waals surface area contributed by atoms with Crippen molar-refractivity contribution in [3.05, 3.63) is 24.0 Å². The van der Waals surface area contributed by atoms with Crippen molar-refractivity contribution in [3.8, 4) is 5.75 Å². The molecule has 0 saturated heterocycles. The Labute approximate surface area is 125 Å². The minimum atomic E-state index is -0.411. The van der Waals surface area contributed by atoms with Crippen molar-refractivity contribution in [1.82, 2.24) is 5.32 Å². The zero-order chi connectivity index (χ0) is 15.1. The number of amides is 1. The molecule has 0 radical (unpaired) electrons. The van der Waals surface area contributed by atoms with Crippen molar-refractivity contribution in [2.75, 3.05) is 19.0 Å². The van der Waals surface area contributed by atoms with E-state index in [4.69, 9.17) is 4.74 Å². The van der Waals surface area contributed by atoms with Crippen molar-refractivity contribution in [2.24, 2.45) is 0 Å². The molecule has 1 aromatic carbocycles. The molecule has 1 aliphatic rings. The Morgan fingerprint density at radius 1 is 1.29 bits per heavy atom. The summed E-state index contributed by atoms with van der Waals surface area (Å²) >= 11 is 0. The van der Waals surface area contributed by atoms with Gasteiger partial charge in [0.2, 0.25) is 5.91 Å². The van der Waals surface area contributed by atoms with Gasteiger partial charge < -0.3 is 15.4 Å². The molecule has 0 bridgehead atoms. The topological polar surface area (TPSA) is 50.4 Å². The van der Waals surface area contributed by atoms with Gasteiger partial charge in [0.05, 0.1) is 13.7 Å². The number of halogens is 1. The predicted octanol–water partition coefficient (Wildman–Crippen LogP) is 3.09. The van der Waals surface area contributed by atoms with Gasteiger partial charge >= 0.3 is 0 Å². The van der Waals surface area contributed by atoms with Crippen LogP contribution in [0, 0.1) is 5.82 Å². The second-order valence-electron chi connectivity index (χ2n) is 5.46. The van der Waals surface area contributed by atoms with E-state index in [-0.39, 0.29) is 18.2 Å². The number of nitrogens with one attached hydrogen (secondary N) is 2. The van der Waals surface area contributed by atoms with Gasteiger partial charge in [-0.1, -0.05) is 25.7 Å². The number of hydrogen-bond acceptors (Lipinski definition) is 3. The first-order chi connectivity index (χ1) is 10.2. The van der Waals surface area contributed by atoms with Crippen LogP contribution >= 0.6 is 0 Å². The smallest absolute Gasteiger partial charge is 0.239 e. The first-order valence-corrected chi connectivity index (χ1v) is 7.56. The fourth-order valence-electron chi connectivity index (χ4n) is 2.65. The normalized spacial score (nSPS) is 16.1. The lowest BCUT2D eigenvalue weighted by Crippen LogP contribution is -2.38. The third kappa shape index (κ3) is 4.92. The molecule has 0 spiro atoms. The maximum absolute atomic E-state index is 13.3. The van der Waals surface area contributed by atoms with Gasteiger partial charge in [0.1, 0.15) is 0 Å². The summed E-state index contributed by atoms with van der Waals surface area (Å²) in [6.45, 7) is 0.186. The van der Waals surface area contributed by atoms with E-state index in [9.17, 15) is 9.18 Å². The highest BCUT2D eigenvalue weighted by Gasteiger charge is 2.14. The van der Waals surface area contributed by atoms with Gasteiger partial charge in [0.25, 0.3) is 0 Å². The van der Waals surface area contributed by atoms with Gasteiger partial charge in [-0.3, -0.25) is 4.79 Å². The monoisotopic (exact) mass is 294 g/mol. The predicted molar refractivity (Wildman–Crippen MR) is 81.1 cm³/mol. The molecule has 4 nitrogen and oxygen atoms in total. The van der Waals surface area contributed by atoms with E-state index in [1.165, 1.54) is 38.9 Å². The van der Waals surface area contributed by atoms with E-state index >= 15 is 0 Å². The average Bonchev–Trinajstić information content (AvgIpc) is 2.75. The van der Waals surface area contributed by atoms with Crippen LogP contribution in [0.1, 0.15) is 38.5 Å². The number of carbonyl (C=O) groups excluding carboxylic acids is 1. The maximum Gasteiger partial charge on any atom is 0.239 e. The Kier molecular flexibility index (Phi) is 5.84. The Balaban J connectivity index is 1.80. The molecule has 1 saturated carbocycles. The highest BCUT2D eigenvalue weighted by atomic mass is 19.1. The van der Waals surface area contributed by atoms with Crippen LogP contribution in [-0.2, 0) is 4.79 Å². The van der Waals surface area contributed by atoms with Crippen molar-refractivity contribution >= 4 is 11.6 Å². The SMILES string of the molecule is COc1cc(NCC(=O)NC2CCCCCC2)ccc1F. The van der Waals surface area contributed by atoms with Crippen LogP contribution in [0.15, 0.2) is 18.2 Å². The lowest BCUT2D eigenvalue weighted by atomic mass is 10.1. The third-order valence-electron chi connectivity index (χ3n) is 3.82. The number of ether oxygens (including phenoxy) is 1. The molecule has 1 amide bonds. The molecule has 0 atom stereocenters. The van der Waals surface area contributed by atoms with Crippen LogP contribution in [-0.4, -0.2) is 25.6 Å². The molecular formula is C16H23FN2O2. The standard InChI is InChI=1S/C16H23FN2O2/c1-21-15-10-13(8-9-14(15)17)18-11-16(20)19-12-6-4-2-3-5-7-12/h8-10,12,18H,2-7,11H2,1H3,(H,19,20). The van der Waals surface area contributed by atoms with E-state index in [2.05, 4.69) is 10.6 Å². The molecule has 116 valence electrons. The Bertz CT molecular complexity index is 471. The summed E-state index contributed by atoms with van der Waals surface area (Å²) < 4.78 is 18.2. The van der Waals surface area contributed by atoms with Crippen molar-refractivity contribution in [1.29, 1.82) is 0 Å². The molecule has 5 heteroatoms. The highest BCUT2D eigenvalue weighted by molar-refractivity contribution is 5.81. The molecule has 2 rings (SSSR count). The van der Waals surface area contributed by atoms with E-state index in [1.54, 1.807) is 12.1 Å². The maximum atomic E-state index is 13.3. The van der Waals surface area contributed by atoms with Gasteiger partial charge in [0, 0.05) is 17.8 Å². The molecular weight excluding hydrogens is 271 g/mol. The minimum Gasteiger partial charge on any atom is -0.494 e. The second kappa shape index (κ2) is 7.86. The molecule has 0 aromatic heterocycles. The number of anilines is 1. The van der Waals surface area contributed by atoms with Crippen LogP contribution in [0.2, 0.25) is 0 Å². The van der Waals surface area contributed by atoms with E-state index in [0.717, 1.165) is 12.8 Å². The summed E-state index contributed by atoms with van der Waals surface area (Å²) in [7, 11) is 1.42. The summed E-state index contributed by atoms with van der Waals surface area (Å²) in [5.74, 6) is -0.264. The van der Waals surface area contributed by atoms with Crippen LogP contribution in [0.4, 0.5) is 10.1 Å². The zero-order valence-electron chi connectivity index (χ0n) is 12.5. The number of hydrogen-bond donors (Lipinski definition) is 2. The molecule has 2 N–H and O–H groups in total. The van der Waals surface area contributed by atoms with Gasteiger partial charge in [0.15, 0.2) is 11.6 Å². The summed E-state index contributed by atoms with van der Waals surface area (Å²) in [6.07, 6.45) is 7.04. The summed E-state index contributed by atoms with van der Waals surface area (Å²) in [5.41, 5.74) is 0.671. The van der Waals surface area contributed by atoms with Crippen molar-refractivity contribution in [2.45, 2.75) is 44.6 Å². The average molecular weight is 294 g/mol. The Morgan fingerprint density at radius 3 is 2.67 bits per heavy atom. The van der Waals surface area contributed by atoms with E-state index in [1.807, 2.05) is 0 Å². The van der Waals surface area contributed by atoms with E-state index in [0.29, 0.717) is 11.7 Å². The molecule has 0 unspecified atom stereocenters. The number of carbonyl (C=O) groups is 1. The molecule has 1 aliphatic carbocycles. The molecule has 0 heterocycles. The first-order valence-electron chi connectivity index (χ1n) is 7.56. The summed E-state index contributed by atoms with van der Waals surface area (Å²) in [5, 5.41) is 6.06. The van der Waals surface area contributed by atoms with Gasteiger partial charge in [-0.05, 0) is 25.0 Å². The third-order valence-corrected chi connectivity index (χ3v) is 3.82. The van der Waals surface area contributed by atoms with Gasteiger partial charge in [-0.2, -0.15) is 0 Å². The summed E-state index contributed by atoms with van der Waals surface area (Å²) in [4.78, 5) is 11.9. The van der Waals surface area contributed by atoms with Crippen molar-refractivity contribution < 1.29 is 13.9 Å². The molecule has 21 heavy (non-hydrogen) atoms. The van der Waals surface area contributed by atoms with Crippen LogP contribution in [0.5, 0.6) is 5.75 Å².